The SMILES string of the molecule is CCc1ccc(CCNc2ncnc(N3CC(C)OC(C)C3)c2[N+](=O)[O-])cc1. The van der Waals surface area contributed by atoms with E-state index in [1.54, 1.807) is 0 Å². The molecule has 28 heavy (non-hydrogen) atoms. The quantitative estimate of drug-likeness (QED) is 0.578. The zero-order valence-corrected chi connectivity index (χ0v) is 16.6. The summed E-state index contributed by atoms with van der Waals surface area (Å²) < 4.78 is 5.73. The van der Waals surface area contributed by atoms with Crippen molar-refractivity contribution in [2.45, 2.75) is 45.8 Å². The molecule has 0 spiro atoms. The highest BCUT2D eigenvalue weighted by Gasteiger charge is 2.31. The molecular weight excluding hydrogens is 358 g/mol. The smallest absolute Gasteiger partial charge is 0.353 e. The van der Waals surface area contributed by atoms with Gasteiger partial charge >= 0.3 is 5.69 Å². The van der Waals surface area contributed by atoms with Gasteiger partial charge in [0.05, 0.1) is 17.1 Å². The molecule has 1 aromatic carbocycles. The van der Waals surface area contributed by atoms with E-state index in [2.05, 4.69) is 46.5 Å². The molecule has 0 saturated carbocycles. The molecule has 2 unspecified atom stereocenters. The minimum Gasteiger partial charge on any atom is -0.372 e. The van der Waals surface area contributed by atoms with E-state index in [9.17, 15) is 10.1 Å². The van der Waals surface area contributed by atoms with Crippen LogP contribution in [0.2, 0.25) is 0 Å². The van der Waals surface area contributed by atoms with Crippen molar-refractivity contribution in [1.82, 2.24) is 9.97 Å². The van der Waals surface area contributed by atoms with Crippen molar-refractivity contribution in [3.05, 3.63) is 51.8 Å². The zero-order chi connectivity index (χ0) is 20.1. The average molecular weight is 385 g/mol. The fourth-order valence-corrected chi connectivity index (χ4v) is 3.52. The predicted octanol–water partition coefficient (Wildman–Crippen LogP) is 3.22. The van der Waals surface area contributed by atoms with Crippen LogP contribution >= 0.6 is 0 Å². The maximum atomic E-state index is 11.8. The van der Waals surface area contributed by atoms with Crippen LogP contribution in [0.25, 0.3) is 0 Å². The van der Waals surface area contributed by atoms with Crippen molar-refractivity contribution in [2.75, 3.05) is 29.9 Å². The van der Waals surface area contributed by atoms with Gasteiger partial charge in [0, 0.05) is 19.6 Å². The molecule has 2 heterocycles. The summed E-state index contributed by atoms with van der Waals surface area (Å²) in [7, 11) is 0. The van der Waals surface area contributed by atoms with E-state index in [0.717, 1.165) is 12.8 Å². The summed E-state index contributed by atoms with van der Waals surface area (Å²) in [6.07, 6.45) is 3.12. The van der Waals surface area contributed by atoms with Gasteiger partial charge in [-0.05, 0) is 37.8 Å². The highest BCUT2D eigenvalue weighted by molar-refractivity contribution is 5.70. The van der Waals surface area contributed by atoms with Gasteiger partial charge in [-0.3, -0.25) is 10.1 Å². The Balaban J connectivity index is 1.74. The van der Waals surface area contributed by atoms with Crippen LogP contribution in [0.3, 0.4) is 0 Å². The lowest BCUT2D eigenvalue weighted by molar-refractivity contribution is -0.383. The van der Waals surface area contributed by atoms with Crippen molar-refractivity contribution in [2.24, 2.45) is 0 Å². The van der Waals surface area contributed by atoms with Crippen LogP contribution in [0.5, 0.6) is 0 Å². The van der Waals surface area contributed by atoms with Crippen molar-refractivity contribution in [1.29, 1.82) is 0 Å². The zero-order valence-electron chi connectivity index (χ0n) is 16.6. The maximum Gasteiger partial charge on any atom is 0.353 e. The van der Waals surface area contributed by atoms with E-state index < -0.39 is 4.92 Å². The highest BCUT2D eigenvalue weighted by atomic mass is 16.6. The Labute approximate surface area is 165 Å². The highest BCUT2D eigenvalue weighted by Crippen LogP contribution is 2.33. The van der Waals surface area contributed by atoms with Gasteiger partial charge in [-0.1, -0.05) is 31.2 Å². The number of ether oxygens (including phenoxy) is 1. The van der Waals surface area contributed by atoms with Crippen LogP contribution in [0.1, 0.15) is 31.9 Å². The minimum atomic E-state index is -0.404. The largest absolute Gasteiger partial charge is 0.372 e. The number of morpholine rings is 1. The number of rotatable bonds is 7. The van der Waals surface area contributed by atoms with Crippen LogP contribution in [-0.4, -0.2) is 46.7 Å². The first-order valence-electron chi connectivity index (χ1n) is 9.69. The second-order valence-electron chi connectivity index (χ2n) is 7.16. The van der Waals surface area contributed by atoms with E-state index in [-0.39, 0.29) is 23.7 Å². The summed E-state index contributed by atoms with van der Waals surface area (Å²) in [5, 5.41) is 14.9. The molecule has 0 bridgehead atoms. The lowest BCUT2D eigenvalue weighted by Gasteiger charge is -2.35. The molecule has 2 atom stereocenters. The number of nitrogens with one attached hydrogen (secondary N) is 1. The minimum absolute atomic E-state index is 0.0131. The molecule has 1 fully saturated rings. The lowest BCUT2D eigenvalue weighted by Crippen LogP contribution is -2.46. The maximum absolute atomic E-state index is 11.8. The molecule has 150 valence electrons. The lowest BCUT2D eigenvalue weighted by atomic mass is 10.1. The van der Waals surface area contributed by atoms with E-state index in [0.29, 0.717) is 25.5 Å². The molecule has 0 aliphatic carbocycles. The predicted molar refractivity (Wildman–Crippen MR) is 109 cm³/mol. The number of nitro groups is 1. The molecule has 1 N–H and O–H groups in total. The van der Waals surface area contributed by atoms with Crippen LogP contribution in [0.15, 0.2) is 30.6 Å². The Kier molecular flexibility index (Phi) is 6.41. The number of anilines is 2. The molecule has 1 saturated heterocycles. The van der Waals surface area contributed by atoms with Gasteiger partial charge in [-0.2, -0.15) is 0 Å². The molecule has 3 rings (SSSR count). The monoisotopic (exact) mass is 385 g/mol. The first-order chi connectivity index (χ1) is 13.5. The Morgan fingerprint density at radius 1 is 1.18 bits per heavy atom. The summed E-state index contributed by atoms with van der Waals surface area (Å²) in [6.45, 7) is 7.71. The molecule has 8 nitrogen and oxygen atoms in total. The van der Waals surface area contributed by atoms with Crippen molar-refractivity contribution in [3.63, 3.8) is 0 Å². The van der Waals surface area contributed by atoms with Crippen LogP contribution in [0, 0.1) is 10.1 Å². The summed E-state index contributed by atoms with van der Waals surface area (Å²) in [6, 6.07) is 8.41. The van der Waals surface area contributed by atoms with E-state index in [1.165, 1.54) is 17.5 Å². The first-order valence-corrected chi connectivity index (χ1v) is 9.69. The molecule has 0 amide bonds. The Hall–Kier alpha value is -2.74. The third kappa shape index (κ3) is 4.75. The van der Waals surface area contributed by atoms with Gasteiger partial charge in [0.15, 0.2) is 0 Å². The number of hydrogen-bond donors (Lipinski definition) is 1. The fourth-order valence-electron chi connectivity index (χ4n) is 3.52. The van der Waals surface area contributed by atoms with Crippen molar-refractivity contribution < 1.29 is 9.66 Å². The molecule has 1 aliphatic rings. The van der Waals surface area contributed by atoms with Gasteiger partial charge in [-0.25, -0.2) is 9.97 Å². The second kappa shape index (κ2) is 8.97. The fraction of sp³-hybridized carbons (Fsp3) is 0.500. The molecule has 8 heteroatoms. The van der Waals surface area contributed by atoms with Crippen LogP contribution in [-0.2, 0) is 17.6 Å². The number of aromatic nitrogens is 2. The van der Waals surface area contributed by atoms with Crippen molar-refractivity contribution in [3.8, 4) is 0 Å². The van der Waals surface area contributed by atoms with Crippen LogP contribution < -0.4 is 10.2 Å². The molecule has 1 aliphatic heterocycles. The van der Waals surface area contributed by atoms with Gasteiger partial charge in [0.1, 0.15) is 6.33 Å². The standard InChI is InChI=1S/C20H27N5O3/c1-4-16-5-7-17(8-6-16)9-10-21-19-18(25(26)27)20(23-13-22-19)24-11-14(2)28-15(3)12-24/h5-8,13-15H,4,9-12H2,1-3H3,(H,21,22,23). The Morgan fingerprint density at radius 3 is 2.43 bits per heavy atom. The van der Waals surface area contributed by atoms with Crippen LogP contribution in [0.4, 0.5) is 17.3 Å². The number of hydrogen-bond acceptors (Lipinski definition) is 7. The first kappa shape index (κ1) is 20.0. The summed E-state index contributed by atoms with van der Waals surface area (Å²) in [4.78, 5) is 21.6. The van der Waals surface area contributed by atoms with Gasteiger partial charge in [0.25, 0.3) is 0 Å². The summed E-state index contributed by atoms with van der Waals surface area (Å²) >= 11 is 0. The summed E-state index contributed by atoms with van der Waals surface area (Å²) in [5.74, 6) is 0.601. The van der Waals surface area contributed by atoms with E-state index >= 15 is 0 Å². The van der Waals surface area contributed by atoms with E-state index in [4.69, 9.17) is 4.74 Å². The topological polar surface area (TPSA) is 93.4 Å². The second-order valence-corrected chi connectivity index (χ2v) is 7.16. The van der Waals surface area contributed by atoms with Gasteiger partial charge < -0.3 is 15.0 Å². The third-order valence-electron chi connectivity index (χ3n) is 4.84. The third-order valence-corrected chi connectivity index (χ3v) is 4.84. The van der Waals surface area contributed by atoms with Gasteiger partial charge in [0.2, 0.25) is 11.6 Å². The van der Waals surface area contributed by atoms with Crippen molar-refractivity contribution >= 4 is 17.3 Å². The molecule has 2 aromatic rings. The molecule has 1 aromatic heterocycles. The average Bonchev–Trinajstić information content (AvgIpc) is 2.67. The Bertz CT molecular complexity index is 802. The molecule has 0 radical (unpaired) electrons. The number of aryl methyl sites for hydroxylation is 1. The summed E-state index contributed by atoms with van der Waals surface area (Å²) in [5.41, 5.74) is 2.39. The van der Waals surface area contributed by atoms with E-state index in [1.807, 2.05) is 18.7 Å². The van der Waals surface area contributed by atoms with Gasteiger partial charge in [-0.15, -0.1) is 0 Å². The number of benzene rings is 1. The Morgan fingerprint density at radius 2 is 1.82 bits per heavy atom. The number of nitrogens with zero attached hydrogens (tertiary/aromatic N) is 4. The normalized spacial score (nSPS) is 19.5. The molecular formula is C20H27N5O3.